The van der Waals surface area contributed by atoms with E-state index in [0.29, 0.717) is 21.5 Å². The van der Waals surface area contributed by atoms with Crippen LogP contribution in [0.2, 0.25) is 5.02 Å². The maximum absolute atomic E-state index is 15.2. The molecule has 1 aliphatic heterocycles. The van der Waals surface area contributed by atoms with Crippen LogP contribution in [0, 0.1) is 5.82 Å². The number of fused-ring (bicyclic) bond motifs is 1. The molecule has 1 aliphatic rings. The van der Waals surface area contributed by atoms with Crippen molar-refractivity contribution < 1.29 is 27.1 Å². The largest absolute Gasteiger partial charge is 0.480 e. The summed E-state index contributed by atoms with van der Waals surface area (Å²) in [6, 6.07) is 13.1. The van der Waals surface area contributed by atoms with E-state index in [-0.39, 0.29) is 35.4 Å². The molecule has 1 N–H and O–H groups in total. The lowest BCUT2D eigenvalue weighted by molar-refractivity contribution is -0.118. The Balaban J connectivity index is 1.35. The summed E-state index contributed by atoms with van der Waals surface area (Å²) in [6.07, 6.45) is 1.63. The van der Waals surface area contributed by atoms with Crippen molar-refractivity contribution >= 4 is 44.0 Å². The molecule has 0 aliphatic carbocycles. The summed E-state index contributed by atoms with van der Waals surface area (Å²) in [6.45, 7) is 0.146. The number of sulfonamides is 1. The molecule has 2 heterocycles. The quantitative estimate of drug-likeness (QED) is 0.363. The van der Waals surface area contributed by atoms with Gasteiger partial charge in [0.25, 0.3) is 0 Å². The average Bonchev–Trinajstić information content (AvgIpc) is 3.26. The fourth-order valence-electron chi connectivity index (χ4n) is 4.34. The van der Waals surface area contributed by atoms with Crippen molar-refractivity contribution in [1.82, 2.24) is 14.7 Å². The smallest absolute Gasteiger partial charge is 0.319 e. The van der Waals surface area contributed by atoms with Gasteiger partial charge in [0.15, 0.2) is 0 Å². The van der Waals surface area contributed by atoms with E-state index >= 15 is 4.39 Å². The van der Waals surface area contributed by atoms with Gasteiger partial charge in [-0.05, 0) is 59.2 Å². The van der Waals surface area contributed by atoms with Crippen LogP contribution in [0.15, 0.2) is 65.7 Å². The minimum absolute atomic E-state index is 0.0183. The Morgan fingerprint density at radius 2 is 1.82 bits per heavy atom. The van der Waals surface area contributed by atoms with Crippen molar-refractivity contribution in [2.45, 2.75) is 17.4 Å². The summed E-state index contributed by atoms with van der Waals surface area (Å²) < 4.78 is 54.0. The number of amides is 1. The molecule has 1 aromatic heterocycles. The summed E-state index contributed by atoms with van der Waals surface area (Å²) in [5, 5.41) is 2.02. The topological polar surface area (TPSA) is 111 Å². The lowest BCUT2D eigenvalue weighted by atomic mass is 10.1. The number of carbonyl (C=O) groups is 1. The number of ether oxygens (including phenoxy) is 2. The van der Waals surface area contributed by atoms with E-state index in [1.165, 1.54) is 49.6 Å². The molecular weight excluding hydrogens is 535 g/mol. The third kappa shape index (κ3) is 4.87. The fourth-order valence-corrected chi connectivity index (χ4v) is 5.78. The molecule has 5 rings (SSSR count). The number of hydrogen-bond acceptors (Lipinski definition) is 7. The zero-order valence-corrected chi connectivity index (χ0v) is 21.9. The summed E-state index contributed by atoms with van der Waals surface area (Å²) in [5.74, 6) is -1.00. The highest BCUT2D eigenvalue weighted by molar-refractivity contribution is 7.89. The van der Waals surface area contributed by atoms with E-state index in [9.17, 15) is 13.2 Å². The molecular formula is C26H22ClFN4O5S. The number of anilines is 1. The molecule has 9 nitrogen and oxygen atoms in total. The molecule has 4 aromatic rings. The third-order valence-electron chi connectivity index (χ3n) is 6.24. The molecule has 12 heteroatoms. The molecule has 0 radical (unpaired) electrons. The summed E-state index contributed by atoms with van der Waals surface area (Å²) in [5.41, 5.74) is 0.915. The number of hydrogen-bond donors (Lipinski definition) is 1. The van der Waals surface area contributed by atoms with Crippen LogP contribution < -0.4 is 19.1 Å². The highest BCUT2D eigenvalue weighted by Gasteiger charge is 2.37. The first kappa shape index (κ1) is 25.8. The van der Waals surface area contributed by atoms with Gasteiger partial charge in [-0.2, -0.15) is 9.71 Å². The number of methoxy groups -OCH3 is 2. The third-order valence-corrected chi connectivity index (χ3v) is 7.95. The van der Waals surface area contributed by atoms with E-state index in [1.807, 2.05) is 0 Å². The highest BCUT2D eigenvalue weighted by Crippen LogP contribution is 2.33. The maximum atomic E-state index is 15.2. The van der Waals surface area contributed by atoms with Crippen molar-refractivity contribution in [3.63, 3.8) is 0 Å². The van der Waals surface area contributed by atoms with Crippen LogP contribution in [0.1, 0.15) is 6.42 Å². The van der Waals surface area contributed by atoms with Crippen LogP contribution in [0.25, 0.3) is 21.9 Å². The Morgan fingerprint density at radius 3 is 2.55 bits per heavy atom. The van der Waals surface area contributed by atoms with Gasteiger partial charge in [0, 0.05) is 17.8 Å². The van der Waals surface area contributed by atoms with E-state index < -0.39 is 27.8 Å². The minimum atomic E-state index is -4.01. The van der Waals surface area contributed by atoms with Gasteiger partial charge in [-0.25, -0.2) is 17.8 Å². The van der Waals surface area contributed by atoms with Gasteiger partial charge >= 0.3 is 6.01 Å². The lowest BCUT2D eigenvalue weighted by Crippen LogP contribution is -2.41. The Bertz CT molecular complexity index is 1670. The number of aromatic nitrogens is 2. The van der Waals surface area contributed by atoms with Crippen LogP contribution >= 0.6 is 11.6 Å². The zero-order chi connectivity index (χ0) is 27.0. The number of benzene rings is 3. The number of nitrogens with zero attached hydrogens (tertiary/aromatic N) is 3. The molecule has 196 valence electrons. The summed E-state index contributed by atoms with van der Waals surface area (Å²) >= 11 is 6.00. The SMILES string of the molecule is COc1ncc(-c2ccc(N3CCC(NS(=O)(=O)c4ccc5cc(Cl)ccc5c4)C3=O)c(F)c2)c(OC)n1. The second kappa shape index (κ2) is 10.2. The monoisotopic (exact) mass is 556 g/mol. The summed E-state index contributed by atoms with van der Waals surface area (Å²) in [7, 11) is -1.17. The van der Waals surface area contributed by atoms with Crippen LogP contribution in [-0.4, -0.2) is 51.1 Å². The van der Waals surface area contributed by atoms with Crippen molar-refractivity contribution in [3.8, 4) is 23.0 Å². The van der Waals surface area contributed by atoms with E-state index in [0.717, 1.165) is 5.39 Å². The predicted molar refractivity (Wildman–Crippen MR) is 141 cm³/mol. The first-order chi connectivity index (χ1) is 18.2. The van der Waals surface area contributed by atoms with E-state index in [2.05, 4.69) is 14.7 Å². The number of rotatable bonds is 7. The lowest BCUT2D eigenvalue weighted by Gasteiger charge is -2.19. The zero-order valence-electron chi connectivity index (χ0n) is 20.3. The molecule has 3 aromatic carbocycles. The van der Waals surface area contributed by atoms with Gasteiger partial charge in [-0.15, -0.1) is 0 Å². The molecule has 0 saturated carbocycles. The van der Waals surface area contributed by atoms with Gasteiger partial charge < -0.3 is 14.4 Å². The van der Waals surface area contributed by atoms with Crippen molar-refractivity contribution in [2.75, 3.05) is 25.7 Å². The van der Waals surface area contributed by atoms with E-state index in [1.54, 1.807) is 30.3 Å². The normalized spacial score (nSPS) is 15.7. The minimum Gasteiger partial charge on any atom is -0.480 e. The van der Waals surface area contributed by atoms with Crippen molar-refractivity contribution in [1.29, 1.82) is 0 Å². The number of halogens is 2. The van der Waals surface area contributed by atoms with E-state index in [4.69, 9.17) is 21.1 Å². The number of carbonyl (C=O) groups excluding carboxylic acids is 1. The Morgan fingerprint density at radius 1 is 1.05 bits per heavy atom. The van der Waals surface area contributed by atoms with Gasteiger partial charge in [-0.1, -0.05) is 29.8 Å². The van der Waals surface area contributed by atoms with Crippen LogP contribution in [-0.2, 0) is 14.8 Å². The molecule has 38 heavy (non-hydrogen) atoms. The second-order valence-corrected chi connectivity index (χ2v) is 10.7. The Labute approximate surface area is 223 Å². The second-order valence-electron chi connectivity index (χ2n) is 8.55. The highest BCUT2D eigenvalue weighted by atomic mass is 35.5. The molecule has 1 amide bonds. The standard InChI is InChI=1S/C26H22ClFN4O5S/c1-36-24-20(14-29-26(30-24)37-2)17-5-8-23(21(28)13-17)32-10-9-22(25(32)33)31-38(34,35)19-7-4-15-11-18(27)6-3-16(15)12-19/h3-8,11-14,22,31H,9-10H2,1-2H3. The van der Waals surface area contributed by atoms with Gasteiger partial charge in [-0.3, -0.25) is 4.79 Å². The van der Waals surface area contributed by atoms with Crippen molar-refractivity contribution in [3.05, 3.63) is 71.6 Å². The van der Waals surface area contributed by atoms with Gasteiger partial charge in [0.05, 0.1) is 30.4 Å². The molecule has 1 saturated heterocycles. The number of nitrogens with one attached hydrogen (secondary N) is 1. The maximum Gasteiger partial charge on any atom is 0.319 e. The molecule has 0 bridgehead atoms. The molecule has 1 fully saturated rings. The van der Waals surface area contributed by atoms with Crippen LogP contribution in [0.3, 0.4) is 0 Å². The van der Waals surface area contributed by atoms with Gasteiger partial charge in [0.1, 0.15) is 11.9 Å². The predicted octanol–water partition coefficient (Wildman–Crippen LogP) is 4.19. The summed E-state index contributed by atoms with van der Waals surface area (Å²) in [4.78, 5) is 22.5. The average molecular weight is 557 g/mol. The van der Waals surface area contributed by atoms with Crippen molar-refractivity contribution in [2.24, 2.45) is 0 Å². The Hall–Kier alpha value is -3.80. The van der Waals surface area contributed by atoms with Gasteiger partial charge in [0.2, 0.25) is 21.8 Å². The van der Waals surface area contributed by atoms with Crippen LogP contribution in [0.5, 0.6) is 11.9 Å². The molecule has 0 spiro atoms. The van der Waals surface area contributed by atoms with Crippen LogP contribution in [0.4, 0.5) is 10.1 Å². The first-order valence-electron chi connectivity index (χ1n) is 11.5. The fraction of sp³-hybridized carbons (Fsp3) is 0.192. The molecule has 1 atom stereocenters. The first-order valence-corrected chi connectivity index (χ1v) is 13.3. The molecule has 1 unspecified atom stereocenters. The Kier molecular flexibility index (Phi) is 6.91.